The summed E-state index contributed by atoms with van der Waals surface area (Å²) in [6.45, 7) is 6.04. The molecule has 0 fully saturated rings. The van der Waals surface area contributed by atoms with E-state index >= 15 is 0 Å². The molecule has 0 spiro atoms. The van der Waals surface area contributed by atoms with Gasteiger partial charge in [0, 0.05) is 38.9 Å². The third-order valence-electron chi connectivity index (χ3n) is 5.07. The van der Waals surface area contributed by atoms with E-state index in [1.807, 2.05) is 19.9 Å². The van der Waals surface area contributed by atoms with E-state index in [0.29, 0.717) is 66.6 Å². The second kappa shape index (κ2) is 10.5. The molecule has 2 heterocycles. The number of aryl methyl sites for hydroxylation is 1. The molecule has 3 aromatic rings. The van der Waals surface area contributed by atoms with Crippen molar-refractivity contribution < 1.29 is 14.3 Å². The van der Waals surface area contributed by atoms with E-state index in [9.17, 15) is 9.59 Å². The largest absolute Gasteiger partial charge is 0.385 e. The van der Waals surface area contributed by atoms with Gasteiger partial charge in [-0.15, -0.1) is 0 Å². The van der Waals surface area contributed by atoms with Crippen molar-refractivity contribution in [3.8, 4) is 6.07 Å². The summed E-state index contributed by atoms with van der Waals surface area (Å²) in [5.74, 6) is -0.214. The Morgan fingerprint density at radius 2 is 1.97 bits per heavy atom. The average molecular weight is 435 g/mol. The molecule has 0 atom stereocenters. The van der Waals surface area contributed by atoms with E-state index in [1.165, 1.54) is 6.07 Å². The summed E-state index contributed by atoms with van der Waals surface area (Å²) >= 11 is 0. The van der Waals surface area contributed by atoms with Crippen LogP contribution in [0, 0.1) is 11.3 Å². The van der Waals surface area contributed by atoms with Crippen LogP contribution in [0.15, 0.2) is 36.4 Å². The zero-order chi connectivity index (χ0) is 23.1. The number of nitrogens with zero attached hydrogens (tertiary/aromatic N) is 5. The van der Waals surface area contributed by atoms with Crippen molar-refractivity contribution in [2.75, 3.05) is 32.1 Å². The van der Waals surface area contributed by atoms with Crippen LogP contribution in [0.2, 0.25) is 0 Å². The van der Waals surface area contributed by atoms with Crippen LogP contribution in [0.5, 0.6) is 0 Å². The molecular formula is C23H26N6O3. The minimum Gasteiger partial charge on any atom is -0.385 e. The van der Waals surface area contributed by atoms with Gasteiger partial charge in [0.05, 0.1) is 11.6 Å². The predicted molar refractivity (Wildman–Crippen MR) is 120 cm³/mol. The van der Waals surface area contributed by atoms with E-state index in [4.69, 9.17) is 10.00 Å². The number of methoxy groups -OCH3 is 1. The Morgan fingerprint density at radius 1 is 1.19 bits per heavy atom. The lowest BCUT2D eigenvalue weighted by atomic mass is 10.1. The standard InChI is InChI=1S/C23H26N6O3/c1-4-28(5-2)22(31)19-11-10-18-20(25-19)29(12-7-13-32-3)23(26-18)27-21(30)17-9-6-8-16(14-17)15-24/h6,8-11,14H,4-5,7,12-13H2,1-3H3,(H,26,27,30). The zero-order valence-electron chi connectivity index (χ0n) is 18.5. The fraction of sp³-hybridized carbons (Fsp3) is 0.348. The molecule has 0 aliphatic heterocycles. The van der Waals surface area contributed by atoms with Crippen LogP contribution < -0.4 is 5.32 Å². The molecule has 2 aromatic heterocycles. The molecule has 1 aromatic carbocycles. The number of amides is 2. The highest BCUT2D eigenvalue weighted by Gasteiger charge is 2.19. The highest BCUT2D eigenvalue weighted by atomic mass is 16.5. The van der Waals surface area contributed by atoms with Gasteiger partial charge in [-0.3, -0.25) is 19.5 Å². The Labute approximate surface area is 186 Å². The van der Waals surface area contributed by atoms with E-state index < -0.39 is 0 Å². The Balaban J connectivity index is 1.99. The van der Waals surface area contributed by atoms with Crippen molar-refractivity contribution in [3.05, 3.63) is 53.2 Å². The second-order valence-corrected chi connectivity index (χ2v) is 7.10. The first-order valence-corrected chi connectivity index (χ1v) is 10.5. The van der Waals surface area contributed by atoms with Crippen molar-refractivity contribution in [2.45, 2.75) is 26.8 Å². The van der Waals surface area contributed by atoms with Crippen LogP contribution in [0.4, 0.5) is 5.95 Å². The lowest BCUT2D eigenvalue weighted by Gasteiger charge is -2.18. The van der Waals surface area contributed by atoms with Crippen molar-refractivity contribution in [3.63, 3.8) is 0 Å². The predicted octanol–water partition coefficient (Wildman–Crippen LogP) is 3.07. The third-order valence-corrected chi connectivity index (χ3v) is 5.07. The molecule has 0 bridgehead atoms. The minimum absolute atomic E-state index is 0.152. The lowest BCUT2D eigenvalue weighted by Crippen LogP contribution is -2.31. The molecule has 0 saturated heterocycles. The molecule has 1 N–H and O–H groups in total. The first-order valence-electron chi connectivity index (χ1n) is 10.5. The number of aromatic nitrogens is 3. The van der Waals surface area contributed by atoms with Crippen molar-refractivity contribution in [1.82, 2.24) is 19.4 Å². The van der Waals surface area contributed by atoms with Gasteiger partial charge in [0.15, 0.2) is 5.65 Å². The number of nitrogens with one attached hydrogen (secondary N) is 1. The highest BCUT2D eigenvalue weighted by Crippen LogP contribution is 2.21. The van der Waals surface area contributed by atoms with Crippen molar-refractivity contribution >= 4 is 28.9 Å². The zero-order valence-corrected chi connectivity index (χ0v) is 18.5. The number of ether oxygens (including phenoxy) is 1. The lowest BCUT2D eigenvalue weighted by molar-refractivity contribution is 0.0767. The molecule has 32 heavy (non-hydrogen) atoms. The van der Waals surface area contributed by atoms with Gasteiger partial charge in [0.2, 0.25) is 5.95 Å². The minimum atomic E-state index is -0.384. The van der Waals surface area contributed by atoms with E-state index in [0.717, 1.165) is 0 Å². The smallest absolute Gasteiger partial charge is 0.272 e. The average Bonchev–Trinajstić information content (AvgIpc) is 3.16. The van der Waals surface area contributed by atoms with Gasteiger partial charge in [-0.05, 0) is 50.6 Å². The van der Waals surface area contributed by atoms with Crippen molar-refractivity contribution in [1.29, 1.82) is 5.26 Å². The number of pyridine rings is 1. The SMILES string of the molecule is CCN(CC)C(=O)c1ccc2nc(NC(=O)c3cccc(C#N)c3)n(CCCOC)c2n1. The molecule has 2 amide bonds. The molecule has 9 heteroatoms. The van der Waals surface area contributed by atoms with Crippen LogP contribution in [0.25, 0.3) is 11.2 Å². The van der Waals surface area contributed by atoms with Crippen LogP contribution in [0.3, 0.4) is 0 Å². The number of anilines is 1. The summed E-state index contributed by atoms with van der Waals surface area (Å²) in [7, 11) is 1.62. The Bertz CT molecular complexity index is 1160. The van der Waals surface area contributed by atoms with Crippen LogP contribution >= 0.6 is 0 Å². The highest BCUT2D eigenvalue weighted by molar-refractivity contribution is 6.04. The van der Waals surface area contributed by atoms with Gasteiger partial charge in [0.1, 0.15) is 11.2 Å². The Kier molecular flexibility index (Phi) is 7.52. The number of imidazole rings is 1. The molecule has 0 aliphatic carbocycles. The maximum atomic E-state index is 12.8. The maximum Gasteiger partial charge on any atom is 0.272 e. The number of carbonyl (C=O) groups excluding carboxylic acids is 2. The van der Waals surface area contributed by atoms with E-state index in [1.54, 1.807) is 46.9 Å². The molecule has 3 rings (SSSR count). The second-order valence-electron chi connectivity index (χ2n) is 7.10. The molecule has 9 nitrogen and oxygen atoms in total. The third kappa shape index (κ3) is 4.92. The summed E-state index contributed by atoms with van der Waals surface area (Å²) < 4.78 is 6.93. The number of hydrogen-bond donors (Lipinski definition) is 1. The molecule has 0 unspecified atom stereocenters. The van der Waals surface area contributed by atoms with Crippen molar-refractivity contribution in [2.24, 2.45) is 0 Å². The molecular weight excluding hydrogens is 408 g/mol. The van der Waals surface area contributed by atoms with E-state index in [2.05, 4.69) is 15.3 Å². The van der Waals surface area contributed by atoms with Crippen LogP contribution in [0.1, 0.15) is 46.7 Å². The van der Waals surface area contributed by atoms with Gasteiger partial charge in [0.25, 0.3) is 11.8 Å². The normalized spacial score (nSPS) is 10.7. The summed E-state index contributed by atoms with van der Waals surface area (Å²) in [6, 6.07) is 11.9. The van der Waals surface area contributed by atoms with Gasteiger partial charge < -0.3 is 9.64 Å². The number of hydrogen-bond acceptors (Lipinski definition) is 6. The monoisotopic (exact) mass is 434 g/mol. The molecule has 0 saturated carbocycles. The number of fused-ring (bicyclic) bond motifs is 1. The van der Waals surface area contributed by atoms with Crippen LogP contribution in [-0.2, 0) is 11.3 Å². The van der Waals surface area contributed by atoms with Gasteiger partial charge in [-0.1, -0.05) is 6.07 Å². The fourth-order valence-corrected chi connectivity index (χ4v) is 3.37. The van der Waals surface area contributed by atoms with Crippen LogP contribution in [-0.4, -0.2) is 58.1 Å². The Morgan fingerprint density at radius 3 is 2.66 bits per heavy atom. The number of rotatable bonds is 9. The number of benzene rings is 1. The van der Waals surface area contributed by atoms with E-state index in [-0.39, 0.29) is 11.8 Å². The number of nitriles is 1. The summed E-state index contributed by atoms with van der Waals surface area (Å²) in [5.41, 5.74) is 2.16. The first kappa shape index (κ1) is 22.9. The molecule has 0 radical (unpaired) electrons. The molecule has 0 aliphatic rings. The summed E-state index contributed by atoms with van der Waals surface area (Å²) in [6.07, 6.45) is 0.671. The molecule has 166 valence electrons. The number of carbonyl (C=O) groups is 2. The quantitative estimate of drug-likeness (QED) is 0.518. The van der Waals surface area contributed by atoms with Gasteiger partial charge in [-0.2, -0.15) is 5.26 Å². The Hall–Kier alpha value is -3.77. The fourth-order valence-electron chi connectivity index (χ4n) is 3.37. The van der Waals surface area contributed by atoms with Gasteiger partial charge in [-0.25, -0.2) is 9.97 Å². The summed E-state index contributed by atoms with van der Waals surface area (Å²) in [4.78, 5) is 36.4. The van der Waals surface area contributed by atoms with Gasteiger partial charge >= 0.3 is 0 Å². The maximum absolute atomic E-state index is 12.8. The topological polar surface area (TPSA) is 113 Å². The summed E-state index contributed by atoms with van der Waals surface area (Å²) in [5, 5.41) is 11.9. The first-order chi connectivity index (χ1) is 15.5.